The highest BCUT2D eigenvalue weighted by Gasteiger charge is 2.19. The maximum atomic E-state index is 6.12. The molecule has 0 spiro atoms. The molecule has 1 aromatic carbocycles. The highest BCUT2D eigenvalue weighted by molar-refractivity contribution is 6.32. The first-order valence-corrected chi connectivity index (χ1v) is 6.49. The average molecular weight is 271 g/mol. The standard InChI is InChI=1S/C13H19ClN2O2/c1-16-5-6-17-11(8-16)9-18-13-10(7-15)3-2-4-12(13)14/h2-4,11H,5-9,15H2,1H3. The number of benzene rings is 1. The predicted octanol–water partition coefficient (Wildman–Crippen LogP) is 1.51. The topological polar surface area (TPSA) is 47.7 Å². The Kier molecular flexibility index (Phi) is 4.83. The van der Waals surface area contributed by atoms with E-state index >= 15 is 0 Å². The fraction of sp³-hybridized carbons (Fsp3) is 0.538. The Bertz CT molecular complexity index is 401. The number of nitrogens with two attached hydrogens (primary N) is 1. The third-order valence-corrected chi connectivity index (χ3v) is 3.32. The van der Waals surface area contributed by atoms with Gasteiger partial charge in [0, 0.05) is 25.2 Å². The Labute approximate surface area is 113 Å². The number of morpholine rings is 1. The Hall–Kier alpha value is -0.810. The van der Waals surface area contributed by atoms with Crippen molar-refractivity contribution in [3.8, 4) is 5.75 Å². The van der Waals surface area contributed by atoms with Gasteiger partial charge in [0.05, 0.1) is 11.6 Å². The Morgan fingerprint density at radius 2 is 2.39 bits per heavy atom. The molecule has 1 fully saturated rings. The monoisotopic (exact) mass is 270 g/mol. The van der Waals surface area contributed by atoms with Crippen molar-refractivity contribution in [3.63, 3.8) is 0 Å². The van der Waals surface area contributed by atoms with E-state index in [2.05, 4.69) is 11.9 Å². The molecule has 5 heteroatoms. The molecule has 0 amide bonds. The van der Waals surface area contributed by atoms with Gasteiger partial charge in [0.15, 0.2) is 0 Å². The molecule has 1 heterocycles. The van der Waals surface area contributed by atoms with E-state index in [4.69, 9.17) is 26.8 Å². The molecule has 1 aromatic rings. The second kappa shape index (κ2) is 6.38. The summed E-state index contributed by atoms with van der Waals surface area (Å²) >= 11 is 6.12. The molecule has 1 aliphatic rings. The maximum Gasteiger partial charge on any atom is 0.142 e. The van der Waals surface area contributed by atoms with Gasteiger partial charge >= 0.3 is 0 Å². The van der Waals surface area contributed by atoms with Crippen LogP contribution in [0.15, 0.2) is 18.2 Å². The average Bonchev–Trinajstić information content (AvgIpc) is 2.37. The summed E-state index contributed by atoms with van der Waals surface area (Å²) in [6.45, 7) is 3.51. The number of hydrogen-bond donors (Lipinski definition) is 1. The van der Waals surface area contributed by atoms with Gasteiger partial charge in [0.2, 0.25) is 0 Å². The van der Waals surface area contributed by atoms with Gasteiger partial charge < -0.3 is 20.1 Å². The van der Waals surface area contributed by atoms with Crippen molar-refractivity contribution in [2.45, 2.75) is 12.6 Å². The molecule has 0 saturated carbocycles. The molecule has 2 N–H and O–H groups in total. The highest BCUT2D eigenvalue weighted by atomic mass is 35.5. The van der Waals surface area contributed by atoms with Crippen LogP contribution in [-0.4, -0.2) is 44.4 Å². The summed E-state index contributed by atoms with van der Waals surface area (Å²) in [4.78, 5) is 2.23. The van der Waals surface area contributed by atoms with Gasteiger partial charge in [-0.2, -0.15) is 0 Å². The van der Waals surface area contributed by atoms with Crippen LogP contribution in [0.3, 0.4) is 0 Å². The lowest BCUT2D eigenvalue weighted by molar-refractivity contribution is -0.0404. The van der Waals surface area contributed by atoms with Crippen LogP contribution >= 0.6 is 11.6 Å². The van der Waals surface area contributed by atoms with Crippen LogP contribution in [0, 0.1) is 0 Å². The van der Waals surface area contributed by atoms with Gasteiger partial charge in [-0.3, -0.25) is 0 Å². The Morgan fingerprint density at radius 3 is 3.11 bits per heavy atom. The van der Waals surface area contributed by atoms with Gasteiger partial charge in [-0.15, -0.1) is 0 Å². The second-order valence-corrected chi connectivity index (χ2v) is 4.91. The summed E-state index contributed by atoms with van der Waals surface area (Å²) in [5.74, 6) is 0.679. The molecule has 1 unspecified atom stereocenters. The van der Waals surface area contributed by atoms with E-state index in [-0.39, 0.29) is 6.10 Å². The van der Waals surface area contributed by atoms with E-state index in [1.165, 1.54) is 0 Å². The minimum absolute atomic E-state index is 0.0886. The highest BCUT2D eigenvalue weighted by Crippen LogP contribution is 2.28. The van der Waals surface area contributed by atoms with Crippen molar-refractivity contribution in [1.29, 1.82) is 0 Å². The van der Waals surface area contributed by atoms with Crippen LogP contribution in [0.1, 0.15) is 5.56 Å². The van der Waals surface area contributed by atoms with Gasteiger partial charge in [-0.1, -0.05) is 23.7 Å². The summed E-state index contributed by atoms with van der Waals surface area (Å²) in [5.41, 5.74) is 6.60. The SMILES string of the molecule is CN1CCOC(COc2c(Cl)cccc2CN)C1. The normalized spacial score (nSPS) is 20.9. The van der Waals surface area contributed by atoms with Crippen LogP contribution in [0.5, 0.6) is 5.75 Å². The molecular weight excluding hydrogens is 252 g/mol. The van der Waals surface area contributed by atoms with Crippen molar-refractivity contribution < 1.29 is 9.47 Å². The van der Waals surface area contributed by atoms with Crippen molar-refractivity contribution in [3.05, 3.63) is 28.8 Å². The number of ether oxygens (including phenoxy) is 2. The van der Waals surface area contributed by atoms with Crippen LogP contribution in [0.25, 0.3) is 0 Å². The van der Waals surface area contributed by atoms with Crippen LogP contribution in [0.2, 0.25) is 5.02 Å². The summed E-state index contributed by atoms with van der Waals surface area (Å²) in [6.07, 6.45) is 0.0886. The van der Waals surface area contributed by atoms with E-state index < -0.39 is 0 Å². The summed E-state index contributed by atoms with van der Waals surface area (Å²) in [5, 5.41) is 0.599. The van der Waals surface area contributed by atoms with E-state index in [0.717, 1.165) is 25.3 Å². The quantitative estimate of drug-likeness (QED) is 0.901. The van der Waals surface area contributed by atoms with Crippen LogP contribution < -0.4 is 10.5 Å². The van der Waals surface area contributed by atoms with Crippen molar-refractivity contribution >= 4 is 11.6 Å². The fourth-order valence-corrected chi connectivity index (χ4v) is 2.27. The van der Waals surface area contributed by atoms with E-state index in [1.54, 1.807) is 0 Å². The molecule has 1 aliphatic heterocycles. The van der Waals surface area contributed by atoms with Gasteiger partial charge in [-0.25, -0.2) is 0 Å². The Balaban J connectivity index is 1.97. The second-order valence-electron chi connectivity index (χ2n) is 4.50. The number of para-hydroxylation sites is 1. The summed E-state index contributed by atoms with van der Waals surface area (Å²) in [6, 6.07) is 5.61. The molecule has 18 heavy (non-hydrogen) atoms. The largest absolute Gasteiger partial charge is 0.489 e. The zero-order chi connectivity index (χ0) is 13.0. The lowest BCUT2D eigenvalue weighted by Gasteiger charge is -2.30. The van der Waals surface area contributed by atoms with E-state index in [1.807, 2.05) is 18.2 Å². The third kappa shape index (κ3) is 3.36. The minimum atomic E-state index is 0.0886. The fourth-order valence-electron chi connectivity index (χ4n) is 2.02. The molecule has 4 nitrogen and oxygen atoms in total. The first kappa shape index (κ1) is 13.6. The number of likely N-dealkylation sites (N-methyl/N-ethyl adjacent to an activating group) is 1. The Morgan fingerprint density at radius 1 is 1.56 bits per heavy atom. The maximum absolute atomic E-state index is 6.12. The zero-order valence-corrected chi connectivity index (χ0v) is 11.3. The van der Waals surface area contributed by atoms with E-state index in [0.29, 0.717) is 23.9 Å². The number of rotatable bonds is 4. The molecular formula is C13H19ClN2O2. The zero-order valence-electron chi connectivity index (χ0n) is 10.6. The number of halogens is 1. The lowest BCUT2D eigenvalue weighted by atomic mass is 10.2. The number of nitrogens with zero attached hydrogens (tertiary/aromatic N) is 1. The molecule has 1 saturated heterocycles. The van der Waals surface area contributed by atoms with Gasteiger partial charge in [0.25, 0.3) is 0 Å². The van der Waals surface area contributed by atoms with Crippen molar-refractivity contribution in [2.75, 3.05) is 33.4 Å². The lowest BCUT2D eigenvalue weighted by Crippen LogP contribution is -2.42. The first-order chi connectivity index (χ1) is 8.70. The smallest absolute Gasteiger partial charge is 0.142 e. The molecule has 0 radical (unpaired) electrons. The van der Waals surface area contributed by atoms with Gasteiger partial charge in [-0.05, 0) is 13.1 Å². The molecule has 0 bridgehead atoms. The first-order valence-electron chi connectivity index (χ1n) is 6.11. The third-order valence-electron chi connectivity index (χ3n) is 3.02. The minimum Gasteiger partial charge on any atom is -0.489 e. The molecule has 1 atom stereocenters. The van der Waals surface area contributed by atoms with Crippen molar-refractivity contribution in [1.82, 2.24) is 4.90 Å². The predicted molar refractivity (Wildman–Crippen MR) is 72.1 cm³/mol. The van der Waals surface area contributed by atoms with Crippen molar-refractivity contribution in [2.24, 2.45) is 5.73 Å². The van der Waals surface area contributed by atoms with E-state index in [9.17, 15) is 0 Å². The molecule has 0 aromatic heterocycles. The molecule has 0 aliphatic carbocycles. The van der Waals surface area contributed by atoms with Crippen LogP contribution in [-0.2, 0) is 11.3 Å². The van der Waals surface area contributed by atoms with Gasteiger partial charge in [0.1, 0.15) is 18.5 Å². The summed E-state index contributed by atoms with van der Waals surface area (Å²) < 4.78 is 11.4. The molecule has 100 valence electrons. The molecule has 2 rings (SSSR count). The number of hydrogen-bond acceptors (Lipinski definition) is 4. The summed E-state index contributed by atoms with van der Waals surface area (Å²) in [7, 11) is 2.08. The van der Waals surface area contributed by atoms with Crippen LogP contribution in [0.4, 0.5) is 0 Å².